The van der Waals surface area contributed by atoms with Crippen molar-refractivity contribution in [1.29, 1.82) is 5.26 Å². The maximum Gasteiger partial charge on any atom is 0.119 e. The maximum atomic E-state index is 9.46. The average Bonchev–Trinajstić information content (AvgIpc) is 2.50. The van der Waals surface area contributed by atoms with E-state index in [9.17, 15) is 5.26 Å². The van der Waals surface area contributed by atoms with Gasteiger partial charge in [0.15, 0.2) is 0 Å². The van der Waals surface area contributed by atoms with Gasteiger partial charge in [0.25, 0.3) is 0 Å². The summed E-state index contributed by atoms with van der Waals surface area (Å²) in [5.74, 6) is 0.848. The third-order valence-corrected chi connectivity index (χ3v) is 3.86. The molecule has 1 atom stereocenters. The molecule has 0 heterocycles. The van der Waals surface area contributed by atoms with Crippen molar-refractivity contribution in [2.75, 3.05) is 6.61 Å². The van der Waals surface area contributed by atoms with Crippen molar-refractivity contribution in [3.8, 4) is 11.8 Å². The average molecular weight is 293 g/mol. The predicted octanol–water partition coefficient (Wildman–Crippen LogP) is 5.08. The molecule has 1 unspecified atom stereocenters. The van der Waals surface area contributed by atoms with Crippen molar-refractivity contribution < 1.29 is 4.74 Å². The van der Waals surface area contributed by atoms with E-state index < -0.39 is 0 Å². The molecule has 0 aliphatic carbocycles. The van der Waals surface area contributed by atoms with Crippen LogP contribution in [-0.2, 0) is 0 Å². The zero-order valence-corrected chi connectivity index (χ0v) is 13.6. The molecule has 0 aliphatic rings. The smallest absolute Gasteiger partial charge is 0.119 e. The van der Waals surface area contributed by atoms with Gasteiger partial charge in [0.05, 0.1) is 18.6 Å². The van der Waals surface area contributed by atoms with Crippen molar-refractivity contribution in [3.05, 3.63) is 64.7 Å². The quantitative estimate of drug-likeness (QED) is 0.696. The van der Waals surface area contributed by atoms with Crippen LogP contribution in [0.25, 0.3) is 0 Å². The van der Waals surface area contributed by atoms with Crippen LogP contribution in [0.2, 0.25) is 0 Å². The molecule has 0 saturated carbocycles. The van der Waals surface area contributed by atoms with E-state index in [0.29, 0.717) is 6.61 Å². The van der Waals surface area contributed by atoms with E-state index >= 15 is 0 Å². The first-order valence-electron chi connectivity index (χ1n) is 7.76. The van der Waals surface area contributed by atoms with Gasteiger partial charge in [-0.3, -0.25) is 0 Å². The summed E-state index contributed by atoms with van der Waals surface area (Å²) in [5.41, 5.74) is 4.74. The molecule has 2 rings (SSSR count). The van der Waals surface area contributed by atoms with E-state index in [0.717, 1.165) is 24.2 Å². The molecule has 2 aromatic rings. The van der Waals surface area contributed by atoms with Crippen molar-refractivity contribution in [2.24, 2.45) is 0 Å². The number of rotatable bonds is 6. The van der Waals surface area contributed by atoms with Gasteiger partial charge in [0, 0.05) is 0 Å². The Morgan fingerprint density at radius 3 is 2.55 bits per heavy atom. The molecule has 0 spiro atoms. The minimum atomic E-state index is -0.0546. The molecule has 2 nitrogen and oxygen atoms in total. The first-order chi connectivity index (χ1) is 10.6. The van der Waals surface area contributed by atoms with Crippen LogP contribution in [0.3, 0.4) is 0 Å². The minimum absolute atomic E-state index is 0.0546. The van der Waals surface area contributed by atoms with Crippen LogP contribution < -0.4 is 4.74 Å². The van der Waals surface area contributed by atoms with Gasteiger partial charge in [-0.25, -0.2) is 0 Å². The van der Waals surface area contributed by atoms with Crippen LogP contribution in [0.15, 0.2) is 42.5 Å². The molecule has 0 radical (unpaired) electrons. The number of nitriles is 1. The fourth-order valence-corrected chi connectivity index (χ4v) is 2.61. The summed E-state index contributed by atoms with van der Waals surface area (Å²) in [5, 5.41) is 9.46. The summed E-state index contributed by atoms with van der Waals surface area (Å²) < 4.78 is 5.76. The fraction of sp³-hybridized carbons (Fsp3) is 0.350. The van der Waals surface area contributed by atoms with E-state index in [1.54, 1.807) is 0 Å². The minimum Gasteiger partial charge on any atom is -0.494 e. The second-order valence-electron chi connectivity index (χ2n) is 5.85. The Balaban J connectivity index is 1.89. The molecule has 0 fully saturated rings. The molecule has 2 aromatic carbocycles. The highest BCUT2D eigenvalue weighted by Crippen LogP contribution is 2.25. The normalized spacial score (nSPS) is 11.7. The van der Waals surface area contributed by atoms with Crippen LogP contribution in [0, 0.1) is 32.1 Å². The van der Waals surface area contributed by atoms with Gasteiger partial charge in [-0.1, -0.05) is 35.9 Å². The summed E-state index contributed by atoms with van der Waals surface area (Å²) in [6.07, 6.45) is 1.70. The van der Waals surface area contributed by atoms with E-state index in [1.807, 2.05) is 18.2 Å². The zero-order chi connectivity index (χ0) is 15.9. The lowest BCUT2D eigenvalue weighted by atomic mass is 9.91. The van der Waals surface area contributed by atoms with Gasteiger partial charge in [-0.15, -0.1) is 0 Å². The van der Waals surface area contributed by atoms with Crippen LogP contribution in [0.4, 0.5) is 0 Å². The standard InChI is InChI=1S/C20H23NO/c1-15-6-4-8-19(12-15)22-11-5-7-18(14-21)20-13-16(2)9-10-17(20)3/h4,6,8-10,12-13,18H,5,7,11H2,1-3H3. The number of nitrogens with zero attached hydrogens (tertiary/aromatic N) is 1. The molecule has 0 saturated heterocycles. The number of hydrogen-bond acceptors (Lipinski definition) is 2. The number of aryl methyl sites for hydroxylation is 3. The van der Waals surface area contributed by atoms with Crippen molar-refractivity contribution in [2.45, 2.75) is 39.5 Å². The molecule has 0 N–H and O–H groups in total. The molecule has 0 bridgehead atoms. The van der Waals surface area contributed by atoms with Crippen molar-refractivity contribution in [3.63, 3.8) is 0 Å². The van der Waals surface area contributed by atoms with Gasteiger partial charge in [0.1, 0.15) is 5.75 Å². The van der Waals surface area contributed by atoms with E-state index in [2.05, 4.69) is 51.1 Å². The van der Waals surface area contributed by atoms with Gasteiger partial charge in [0.2, 0.25) is 0 Å². The van der Waals surface area contributed by atoms with Crippen LogP contribution in [0.5, 0.6) is 5.75 Å². The first kappa shape index (κ1) is 16.1. The maximum absolute atomic E-state index is 9.46. The molecule has 0 aromatic heterocycles. The Bertz CT molecular complexity index is 670. The first-order valence-corrected chi connectivity index (χ1v) is 7.76. The molecule has 0 aliphatic heterocycles. The van der Waals surface area contributed by atoms with Crippen LogP contribution >= 0.6 is 0 Å². The summed E-state index contributed by atoms with van der Waals surface area (Å²) in [6.45, 7) is 6.84. The number of hydrogen-bond donors (Lipinski definition) is 0. The highest BCUT2D eigenvalue weighted by atomic mass is 16.5. The third-order valence-electron chi connectivity index (χ3n) is 3.86. The summed E-state index contributed by atoms with van der Waals surface area (Å²) in [6, 6.07) is 16.8. The highest BCUT2D eigenvalue weighted by molar-refractivity contribution is 5.36. The summed E-state index contributed by atoms with van der Waals surface area (Å²) in [4.78, 5) is 0. The van der Waals surface area contributed by atoms with Crippen LogP contribution in [-0.4, -0.2) is 6.61 Å². The lowest BCUT2D eigenvalue weighted by molar-refractivity contribution is 0.304. The fourth-order valence-electron chi connectivity index (χ4n) is 2.61. The Hall–Kier alpha value is -2.27. The number of benzene rings is 2. The number of ether oxygens (including phenoxy) is 1. The van der Waals surface area contributed by atoms with Crippen molar-refractivity contribution in [1.82, 2.24) is 0 Å². The Morgan fingerprint density at radius 1 is 1.05 bits per heavy atom. The lowest BCUT2D eigenvalue weighted by Crippen LogP contribution is -2.04. The van der Waals surface area contributed by atoms with E-state index in [1.165, 1.54) is 16.7 Å². The lowest BCUT2D eigenvalue weighted by Gasteiger charge is -2.14. The summed E-state index contributed by atoms with van der Waals surface area (Å²) >= 11 is 0. The predicted molar refractivity (Wildman–Crippen MR) is 90.2 cm³/mol. The molecule has 2 heteroatoms. The van der Waals surface area contributed by atoms with Gasteiger partial charge >= 0.3 is 0 Å². The van der Waals surface area contributed by atoms with E-state index in [4.69, 9.17) is 4.74 Å². The monoisotopic (exact) mass is 293 g/mol. The van der Waals surface area contributed by atoms with Gasteiger partial charge in [-0.2, -0.15) is 5.26 Å². The Kier molecular flexibility index (Phi) is 5.61. The Morgan fingerprint density at radius 2 is 1.82 bits per heavy atom. The Labute approximate surface area is 133 Å². The molecule has 22 heavy (non-hydrogen) atoms. The molecule has 0 amide bonds. The largest absolute Gasteiger partial charge is 0.494 e. The molecule has 114 valence electrons. The molecular weight excluding hydrogens is 270 g/mol. The van der Waals surface area contributed by atoms with Gasteiger partial charge < -0.3 is 4.74 Å². The highest BCUT2D eigenvalue weighted by Gasteiger charge is 2.13. The molecular formula is C20H23NO. The second-order valence-corrected chi connectivity index (χ2v) is 5.85. The van der Waals surface area contributed by atoms with Crippen LogP contribution in [0.1, 0.15) is 41.0 Å². The zero-order valence-electron chi connectivity index (χ0n) is 13.6. The van der Waals surface area contributed by atoms with E-state index in [-0.39, 0.29) is 5.92 Å². The topological polar surface area (TPSA) is 33.0 Å². The summed E-state index contributed by atoms with van der Waals surface area (Å²) in [7, 11) is 0. The second kappa shape index (κ2) is 7.66. The van der Waals surface area contributed by atoms with Crippen molar-refractivity contribution >= 4 is 0 Å². The SMILES string of the molecule is Cc1cccc(OCCCC(C#N)c2cc(C)ccc2C)c1. The van der Waals surface area contributed by atoms with Gasteiger partial charge in [-0.05, 0) is 62.4 Å². The third kappa shape index (κ3) is 4.36.